The van der Waals surface area contributed by atoms with Crippen LogP contribution in [0.1, 0.15) is 0 Å². The molecule has 6 heteroatoms. The van der Waals surface area contributed by atoms with Crippen LogP contribution >= 0.6 is 22.7 Å². The third kappa shape index (κ3) is 5.15. The van der Waals surface area contributed by atoms with E-state index in [1.807, 2.05) is 29.5 Å². The Morgan fingerprint density at radius 2 is 0.930 bits per heavy atom. The Morgan fingerprint density at radius 3 is 1.75 bits per heavy atom. The second-order valence-corrected chi connectivity index (χ2v) is 16.5. The molecule has 4 nitrogen and oxygen atoms in total. The summed E-state index contributed by atoms with van der Waals surface area (Å²) in [6.45, 7) is 0. The summed E-state index contributed by atoms with van der Waals surface area (Å²) in [6.07, 6.45) is 0. The van der Waals surface area contributed by atoms with Gasteiger partial charge in [0.1, 0.15) is 0 Å². The van der Waals surface area contributed by atoms with Crippen LogP contribution in [0.4, 0.5) is 0 Å². The highest BCUT2D eigenvalue weighted by molar-refractivity contribution is 7.26. The third-order valence-corrected chi connectivity index (χ3v) is 13.4. The van der Waals surface area contributed by atoms with Crippen molar-refractivity contribution in [3.63, 3.8) is 0 Å². The number of hydrogen-bond acceptors (Lipinski definition) is 5. The number of para-hydroxylation sites is 2. The van der Waals surface area contributed by atoms with Crippen LogP contribution in [0, 0.1) is 0 Å². The minimum Gasteiger partial charge on any atom is -0.309 e. The second kappa shape index (κ2) is 12.8. The lowest BCUT2D eigenvalue weighted by Gasteiger charge is -2.10. The van der Waals surface area contributed by atoms with Crippen molar-refractivity contribution in [2.45, 2.75) is 0 Å². The molecule has 0 radical (unpaired) electrons. The summed E-state index contributed by atoms with van der Waals surface area (Å²) in [7, 11) is 0. The first kappa shape index (κ1) is 32.3. The van der Waals surface area contributed by atoms with E-state index in [0.29, 0.717) is 17.5 Å². The molecule has 12 rings (SSSR count). The predicted octanol–water partition coefficient (Wildman–Crippen LogP) is 14.4. The van der Waals surface area contributed by atoms with Crippen LogP contribution in [0.5, 0.6) is 0 Å². The number of rotatable bonds is 5. The number of thiophene rings is 2. The topological polar surface area (TPSA) is 43.6 Å². The highest BCUT2D eigenvalue weighted by Crippen LogP contribution is 2.43. The van der Waals surface area contributed by atoms with E-state index in [1.165, 1.54) is 73.3 Å². The zero-order valence-corrected chi connectivity index (χ0v) is 32.1. The first-order valence-corrected chi connectivity index (χ1v) is 20.7. The minimum atomic E-state index is 0.660. The molecule has 0 fully saturated rings. The van der Waals surface area contributed by atoms with Gasteiger partial charge in [0.2, 0.25) is 0 Å². The van der Waals surface area contributed by atoms with Crippen LogP contribution in [-0.4, -0.2) is 19.5 Å². The predicted molar refractivity (Wildman–Crippen MR) is 242 cm³/mol. The number of benzene rings is 8. The molecule has 4 heterocycles. The largest absolute Gasteiger partial charge is 0.309 e. The molecule has 0 spiro atoms. The molecule has 12 aromatic rings. The van der Waals surface area contributed by atoms with Crippen LogP contribution in [0.2, 0.25) is 0 Å². The van der Waals surface area contributed by atoms with Gasteiger partial charge in [-0.05, 0) is 77.9 Å². The van der Waals surface area contributed by atoms with Gasteiger partial charge in [0.05, 0.1) is 11.0 Å². The molecule has 0 bridgehead atoms. The van der Waals surface area contributed by atoms with Crippen LogP contribution in [0.15, 0.2) is 182 Å². The number of hydrogen-bond donors (Lipinski definition) is 0. The SMILES string of the molecule is c1ccc(-c2nc(-c3ccc4sc5ccc(-c6cccc7c6c6ccccc6n7-c6ccccc6)cc5c4c3)nc(-c3cccc4c3sc3ccccc34)n2)cc1. The molecule has 0 saturated heterocycles. The van der Waals surface area contributed by atoms with Crippen LogP contribution in [-0.2, 0) is 0 Å². The lowest BCUT2D eigenvalue weighted by atomic mass is 9.97. The molecular weight excluding hydrogens is 733 g/mol. The standard InChI is InChI=1S/C51H30N4S2/c1-3-13-31(14-4-1)49-52-50(54-51(53-49)39-21-11-20-37-36-17-8-10-24-44(36)57-48(37)39)33-26-28-46-41(30-33)40-29-32(25-27-45(40)56-46)35-19-12-23-43-47(35)38-18-7-9-22-42(38)55(43)34-15-5-2-6-16-34/h1-30H. The van der Waals surface area contributed by atoms with Gasteiger partial charge in [-0.2, -0.15) is 0 Å². The first-order chi connectivity index (χ1) is 28.2. The zero-order chi connectivity index (χ0) is 37.5. The Morgan fingerprint density at radius 1 is 0.351 bits per heavy atom. The van der Waals surface area contributed by atoms with E-state index in [1.54, 1.807) is 11.3 Å². The third-order valence-electron chi connectivity index (χ3n) is 11.1. The van der Waals surface area contributed by atoms with Crippen LogP contribution in [0.25, 0.3) is 113 Å². The van der Waals surface area contributed by atoms with Crippen molar-refractivity contribution in [1.29, 1.82) is 0 Å². The zero-order valence-electron chi connectivity index (χ0n) is 30.4. The molecule has 8 aromatic carbocycles. The van der Waals surface area contributed by atoms with Gasteiger partial charge < -0.3 is 4.57 Å². The van der Waals surface area contributed by atoms with Gasteiger partial charge in [-0.3, -0.25) is 0 Å². The summed E-state index contributed by atoms with van der Waals surface area (Å²) in [5.41, 5.74) is 8.91. The van der Waals surface area contributed by atoms with Gasteiger partial charge in [-0.25, -0.2) is 15.0 Å². The highest BCUT2D eigenvalue weighted by atomic mass is 32.1. The van der Waals surface area contributed by atoms with Gasteiger partial charge >= 0.3 is 0 Å². The Bertz CT molecular complexity index is 3530. The molecule has 0 aliphatic carbocycles. The minimum absolute atomic E-state index is 0.660. The summed E-state index contributed by atoms with van der Waals surface area (Å²) in [5.74, 6) is 2.00. The van der Waals surface area contributed by atoms with Gasteiger partial charge in [0, 0.05) is 73.5 Å². The number of fused-ring (bicyclic) bond motifs is 9. The molecule has 0 amide bonds. The van der Waals surface area contributed by atoms with Crippen molar-refractivity contribution in [1.82, 2.24) is 19.5 Å². The van der Waals surface area contributed by atoms with Crippen molar-refractivity contribution in [2.24, 2.45) is 0 Å². The summed E-state index contributed by atoms with van der Waals surface area (Å²) < 4.78 is 7.31. The molecule has 57 heavy (non-hydrogen) atoms. The average Bonchev–Trinajstić information content (AvgIpc) is 3.96. The van der Waals surface area contributed by atoms with E-state index in [0.717, 1.165) is 22.4 Å². The Kier molecular flexibility index (Phi) is 7.24. The number of nitrogens with zero attached hydrogens (tertiary/aromatic N) is 4. The molecule has 266 valence electrons. The van der Waals surface area contributed by atoms with Gasteiger partial charge in [0.15, 0.2) is 17.5 Å². The summed E-state index contributed by atoms with van der Waals surface area (Å²) in [5, 5.41) is 7.41. The Balaban J connectivity index is 1.04. The molecular formula is C51H30N4S2. The van der Waals surface area contributed by atoms with Crippen LogP contribution < -0.4 is 0 Å². The average molecular weight is 763 g/mol. The van der Waals surface area contributed by atoms with Crippen molar-refractivity contribution in [2.75, 3.05) is 0 Å². The van der Waals surface area contributed by atoms with Gasteiger partial charge in [-0.1, -0.05) is 115 Å². The summed E-state index contributed by atoms with van der Waals surface area (Å²) in [6, 6.07) is 64.9. The van der Waals surface area contributed by atoms with Crippen molar-refractivity contribution >= 4 is 84.8 Å². The molecule has 0 N–H and O–H groups in total. The monoisotopic (exact) mass is 762 g/mol. The van der Waals surface area contributed by atoms with Gasteiger partial charge in [0.25, 0.3) is 0 Å². The van der Waals surface area contributed by atoms with Crippen LogP contribution in [0.3, 0.4) is 0 Å². The van der Waals surface area contributed by atoms with E-state index in [-0.39, 0.29) is 0 Å². The fourth-order valence-electron chi connectivity index (χ4n) is 8.46. The summed E-state index contributed by atoms with van der Waals surface area (Å²) >= 11 is 3.62. The number of aromatic nitrogens is 4. The second-order valence-electron chi connectivity index (χ2n) is 14.4. The molecule has 0 unspecified atom stereocenters. The first-order valence-electron chi connectivity index (χ1n) is 19.0. The van der Waals surface area contributed by atoms with Crippen molar-refractivity contribution in [3.05, 3.63) is 182 Å². The molecule has 0 aliphatic heterocycles. The highest BCUT2D eigenvalue weighted by Gasteiger charge is 2.19. The maximum absolute atomic E-state index is 5.23. The molecule has 4 aromatic heterocycles. The van der Waals surface area contributed by atoms with Crippen molar-refractivity contribution in [3.8, 4) is 51.0 Å². The van der Waals surface area contributed by atoms with E-state index in [4.69, 9.17) is 15.0 Å². The lowest BCUT2D eigenvalue weighted by Crippen LogP contribution is -2.00. The fraction of sp³-hybridized carbons (Fsp3) is 0. The van der Waals surface area contributed by atoms with Crippen molar-refractivity contribution < 1.29 is 0 Å². The summed E-state index contributed by atoms with van der Waals surface area (Å²) in [4.78, 5) is 15.5. The lowest BCUT2D eigenvalue weighted by molar-refractivity contribution is 1.08. The quantitative estimate of drug-likeness (QED) is 0.175. The maximum atomic E-state index is 5.23. The van der Waals surface area contributed by atoms with E-state index in [9.17, 15) is 0 Å². The normalized spacial score (nSPS) is 11.9. The molecule has 0 atom stereocenters. The smallest absolute Gasteiger partial charge is 0.165 e. The van der Waals surface area contributed by atoms with E-state index in [2.05, 4.69) is 168 Å². The van der Waals surface area contributed by atoms with E-state index >= 15 is 0 Å². The Hall–Kier alpha value is -6.99. The Labute approximate surface area is 335 Å². The molecule has 0 aliphatic rings. The maximum Gasteiger partial charge on any atom is 0.165 e. The van der Waals surface area contributed by atoms with E-state index < -0.39 is 0 Å². The molecule has 0 saturated carbocycles. The van der Waals surface area contributed by atoms with Gasteiger partial charge in [-0.15, -0.1) is 22.7 Å². The fourth-order valence-corrected chi connectivity index (χ4v) is 10.7.